The van der Waals surface area contributed by atoms with E-state index >= 15 is 0 Å². The maximum Gasteiger partial charge on any atom is 0.284 e. The van der Waals surface area contributed by atoms with Gasteiger partial charge in [-0.05, 0) is 37.8 Å². The van der Waals surface area contributed by atoms with E-state index in [0.717, 1.165) is 11.7 Å². The van der Waals surface area contributed by atoms with Crippen LogP contribution in [0.25, 0.3) is 0 Å². The molecule has 21 heavy (non-hydrogen) atoms. The van der Waals surface area contributed by atoms with Gasteiger partial charge in [0.2, 0.25) is 0 Å². The van der Waals surface area contributed by atoms with E-state index in [1.807, 2.05) is 6.07 Å². The van der Waals surface area contributed by atoms with Crippen molar-refractivity contribution >= 4 is 11.8 Å². The fraction of sp³-hybridized carbons (Fsp3) is 0.750. The molecule has 0 aromatic carbocycles. The molecule has 2 nitrogen and oxygen atoms in total. The van der Waals surface area contributed by atoms with Crippen molar-refractivity contribution in [1.29, 1.82) is 0 Å². The molecule has 0 unspecified atom stereocenters. The van der Waals surface area contributed by atoms with E-state index in [2.05, 4.69) is 12.2 Å². The monoisotopic (exact) mass is 317 g/mol. The minimum atomic E-state index is -2.34. The summed E-state index contributed by atoms with van der Waals surface area (Å²) in [5.74, 6) is 0.0957. The van der Waals surface area contributed by atoms with E-state index in [4.69, 9.17) is 4.42 Å². The number of halogens is 2. The summed E-state index contributed by atoms with van der Waals surface area (Å²) in [4.78, 5) is 0. The zero-order valence-electron chi connectivity index (χ0n) is 12.6. The van der Waals surface area contributed by atoms with E-state index in [-0.39, 0.29) is 5.75 Å². The predicted octanol–water partition coefficient (Wildman–Crippen LogP) is 5.18. The highest BCUT2D eigenvalue weighted by Gasteiger charge is 2.18. The summed E-state index contributed by atoms with van der Waals surface area (Å²) in [7, 11) is 0. The average molecular weight is 317 g/mol. The molecule has 0 saturated heterocycles. The second kappa shape index (κ2) is 8.79. The number of nitrogens with one attached hydrogen (secondary N) is 1. The molecule has 0 amide bonds. The summed E-state index contributed by atoms with van der Waals surface area (Å²) in [6, 6.07) is 4.16. The Hall–Kier alpha value is -0.550. The number of hydrogen-bond donors (Lipinski definition) is 1. The topological polar surface area (TPSA) is 25.2 Å². The van der Waals surface area contributed by atoms with Gasteiger partial charge in [-0.2, -0.15) is 8.78 Å². The SMILES string of the molecule is C[C@@H](NCc1ccc(CSC(F)F)o1)C1CCCCCC1. The molecule has 1 fully saturated rings. The zero-order chi connectivity index (χ0) is 15.1. The number of alkyl halides is 2. The minimum Gasteiger partial charge on any atom is -0.464 e. The van der Waals surface area contributed by atoms with Crippen molar-refractivity contribution in [3.63, 3.8) is 0 Å². The highest BCUT2D eigenvalue weighted by Crippen LogP contribution is 2.26. The Morgan fingerprint density at radius 1 is 1.19 bits per heavy atom. The van der Waals surface area contributed by atoms with Gasteiger partial charge in [-0.25, -0.2) is 0 Å². The van der Waals surface area contributed by atoms with Crippen LogP contribution in [0.3, 0.4) is 0 Å². The molecule has 0 spiro atoms. The van der Waals surface area contributed by atoms with Crippen molar-refractivity contribution in [3.05, 3.63) is 23.7 Å². The number of thioether (sulfide) groups is 1. The Kier molecular flexibility index (Phi) is 7.04. The van der Waals surface area contributed by atoms with Gasteiger partial charge in [0, 0.05) is 6.04 Å². The van der Waals surface area contributed by atoms with Crippen molar-refractivity contribution in [1.82, 2.24) is 5.32 Å². The molecule has 1 heterocycles. The van der Waals surface area contributed by atoms with E-state index in [1.54, 1.807) is 6.07 Å². The lowest BCUT2D eigenvalue weighted by Crippen LogP contribution is -2.32. The Balaban J connectivity index is 1.74. The Labute approximate surface area is 130 Å². The predicted molar refractivity (Wildman–Crippen MR) is 83.5 cm³/mol. The third kappa shape index (κ3) is 5.99. The maximum atomic E-state index is 12.1. The Morgan fingerprint density at radius 2 is 1.86 bits per heavy atom. The second-order valence-corrected chi connectivity index (χ2v) is 6.84. The standard InChI is InChI=1S/C16H25F2NOS/c1-12(13-6-4-2-3-5-7-13)19-10-14-8-9-15(20-14)11-21-16(17)18/h8-9,12-13,16,19H,2-7,10-11H2,1H3/t12-/m1/s1. The van der Waals surface area contributed by atoms with Crippen LogP contribution in [0, 0.1) is 5.92 Å². The van der Waals surface area contributed by atoms with Crippen LogP contribution in [-0.2, 0) is 12.3 Å². The molecule has 0 radical (unpaired) electrons. The molecule has 1 saturated carbocycles. The number of furan rings is 1. The van der Waals surface area contributed by atoms with Crippen LogP contribution in [0.5, 0.6) is 0 Å². The molecule has 1 N–H and O–H groups in total. The van der Waals surface area contributed by atoms with Gasteiger partial charge in [0.05, 0.1) is 12.3 Å². The molecular formula is C16H25F2NOS. The molecule has 1 aliphatic carbocycles. The molecule has 1 aliphatic rings. The molecule has 0 bridgehead atoms. The molecule has 1 aromatic heterocycles. The van der Waals surface area contributed by atoms with Crippen molar-refractivity contribution < 1.29 is 13.2 Å². The van der Waals surface area contributed by atoms with Gasteiger partial charge in [0.25, 0.3) is 5.76 Å². The van der Waals surface area contributed by atoms with Crippen LogP contribution >= 0.6 is 11.8 Å². The van der Waals surface area contributed by atoms with E-state index < -0.39 is 5.76 Å². The second-order valence-electron chi connectivity index (χ2n) is 5.86. The van der Waals surface area contributed by atoms with Crippen LogP contribution in [0.2, 0.25) is 0 Å². The summed E-state index contributed by atoms with van der Waals surface area (Å²) in [5.41, 5.74) is 0. The summed E-state index contributed by atoms with van der Waals surface area (Å²) >= 11 is 0.600. The first-order chi connectivity index (χ1) is 10.1. The highest BCUT2D eigenvalue weighted by atomic mass is 32.2. The van der Waals surface area contributed by atoms with E-state index in [0.29, 0.717) is 30.1 Å². The van der Waals surface area contributed by atoms with Crippen LogP contribution in [-0.4, -0.2) is 11.8 Å². The Morgan fingerprint density at radius 3 is 2.52 bits per heavy atom. The average Bonchev–Trinajstić information content (AvgIpc) is 2.74. The first-order valence-electron chi connectivity index (χ1n) is 7.86. The summed E-state index contributed by atoms with van der Waals surface area (Å²) in [5, 5.41) is 3.53. The third-order valence-electron chi connectivity index (χ3n) is 4.27. The summed E-state index contributed by atoms with van der Waals surface area (Å²) < 4.78 is 29.8. The van der Waals surface area contributed by atoms with Gasteiger partial charge in [-0.3, -0.25) is 0 Å². The lowest BCUT2D eigenvalue weighted by Gasteiger charge is -2.23. The van der Waals surface area contributed by atoms with Crippen LogP contribution in [0.1, 0.15) is 57.0 Å². The van der Waals surface area contributed by atoms with Crippen LogP contribution in [0.4, 0.5) is 8.78 Å². The lowest BCUT2D eigenvalue weighted by molar-refractivity contribution is 0.251. The third-order valence-corrected chi connectivity index (χ3v) is 4.98. The smallest absolute Gasteiger partial charge is 0.284 e. The van der Waals surface area contributed by atoms with Gasteiger partial charge in [-0.1, -0.05) is 37.4 Å². The van der Waals surface area contributed by atoms with Crippen LogP contribution in [0.15, 0.2) is 16.5 Å². The van der Waals surface area contributed by atoms with Crippen molar-refractivity contribution in [2.45, 2.75) is 69.5 Å². The molecule has 5 heteroatoms. The van der Waals surface area contributed by atoms with Crippen LogP contribution < -0.4 is 5.32 Å². The zero-order valence-corrected chi connectivity index (χ0v) is 13.4. The fourth-order valence-electron chi connectivity index (χ4n) is 2.98. The largest absolute Gasteiger partial charge is 0.464 e. The van der Waals surface area contributed by atoms with Crippen molar-refractivity contribution in [2.24, 2.45) is 5.92 Å². The van der Waals surface area contributed by atoms with Gasteiger partial charge in [-0.15, -0.1) is 0 Å². The molecule has 2 rings (SSSR count). The quantitative estimate of drug-likeness (QED) is 0.701. The Bertz CT molecular complexity index is 403. The fourth-order valence-corrected chi connectivity index (χ4v) is 3.42. The lowest BCUT2D eigenvalue weighted by atomic mass is 9.93. The number of rotatable bonds is 7. The minimum absolute atomic E-state index is 0.232. The normalized spacial score (nSPS) is 18.9. The first-order valence-corrected chi connectivity index (χ1v) is 8.91. The van der Waals surface area contributed by atoms with Gasteiger partial charge < -0.3 is 9.73 Å². The highest BCUT2D eigenvalue weighted by molar-refractivity contribution is 7.98. The van der Waals surface area contributed by atoms with E-state index in [9.17, 15) is 8.78 Å². The molecular weight excluding hydrogens is 292 g/mol. The van der Waals surface area contributed by atoms with Gasteiger partial charge >= 0.3 is 0 Å². The summed E-state index contributed by atoms with van der Waals surface area (Å²) in [6.45, 7) is 2.92. The first kappa shape index (κ1) is 16.8. The number of hydrogen-bond acceptors (Lipinski definition) is 3. The summed E-state index contributed by atoms with van der Waals surface area (Å²) in [6.07, 6.45) is 8.03. The van der Waals surface area contributed by atoms with Gasteiger partial charge in [0.1, 0.15) is 11.5 Å². The molecule has 120 valence electrons. The molecule has 1 aromatic rings. The molecule has 1 atom stereocenters. The van der Waals surface area contributed by atoms with E-state index in [1.165, 1.54) is 38.5 Å². The maximum absolute atomic E-state index is 12.1. The van der Waals surface area contributed by atoms with Gasteiger partial charge in [0.15, 0.2) is 0 Å². The van der Waals surface area contributed by atoms with Crippen molar-refractivity contribution in [2.75, 3.05) is 0 Å². The molecule has 0 aliphatic heterocycles. The van der Waals surface area contributed by atoms with Crippen molar-refractivity contribution in [3.8, 4) is 0 Å².